The Hall–Kier alpha value is -2.29. The average Bonchev–Trinajstić information content (AvgIpc) is 2.68. The summed E-state index contributed by atoms with van der Waals surface area (Å²) in [5.41, 5.74) is 0. The zero-order valence-corrected chi connectivity index (χ0v) is 20.0. The van der Waals surface area contributed by atoms with E-state index < -0.39 is 42.0 Å². The third-order valence-corrected chi connectivity index (χ3v) is 5.20. The Morgan fingerprint density at radius 2 is 1.65 bits per heavy atom. The van der Waals surface area contributed by atoms with Gasteiger partial charge in [0.05, 0.1) is 6.04 Å². The molecule has 9 heteroatoms. The van der Waals surface area contributed by atoms with Crippen molar-refractivity contribution in [2.24, 2.45) is 17.8 Å². The first kappa shape index (κ1) is 28.7. The minimum atomic E-state index is -1.10. The largest absolute Gasteiger partial charge is 0.460 e. The highest BCUT2D eigenvalue weighted by atomic mass is 16.5. The maximum absolute atomic E-state index is 13.2. The smallest absolute Gasteiger partial charge is 0.302 e. The summed E-state index contributed by atoms with van der Waals surface area (Å²) in [6.07, 6.45) is 0.888. The summed E-state index contributed by atoms with van der Waals surface area (Å²) >= 11 is 0. The van der Waals surface area contributed by atoms with E-state index in [4.69, 9.17) is 4.74 Å². The number of aldehydes is 2. The number of nitrogens with zero attached hydrogens (tertiary/aromatic N) is 1. The number of likely N-dealkylation sites (N-methyl/N-ethyl adjacent to an activating group) is 2. The fourth-order valence-electron chi connectivity index (χ4n) is 3.35. The lowest BCUT2D eigenvalue weighted by Gasteiger charge is -2.36. The van der Waals surface area contributed by atoms with Crippen molar-refractivity contribution >= 4 is 30.4 Å². The van der Waals surface area contributed by atoms with Crippen molar-refractivity contribution in [3.05, 3.63) is 0 Å². The fraction of sp³-hybridized carbons (Fsp3) is 0.773. The van der Waals surface area contributed by atoms with Crippen LogP contribution in [0.25, 0.3) is 0 Å². The first-order chi connectivity index (χ1) is 14.4. The third kappa shape index (κ3) is 9.16. The first-order valence-corrected chi connectivity index (χ1v) is 10.7. The predicted octanol–water partition coefficient (Wildman–Crippen LogP) is 0.944. The molecule has 0 rings (SSSR count). The van der Waals surface area contributed by atoms with Crippen LogP contribution in [0.1, 0.15) is 54.4 Å². The van der Waals surface area contributed by atoms with Crippen molar-refractivity contribution in [2.45, 2.75) is 78.6 Å². The Balaban J connectivity index is 5.71. The van der Waals surface area contributed by atoms with Crippen LogP contribution in [-0.2, 0) is 28.7 Å². The molecule has 0 radical (unpaired) electrons. The Bertz CT molecular complexity index is 622. The molecule has 0 aliphatic carbocycles. The lowest BCUT2D eigenvalue weighted by Crippen LogP contribution is -2.58. The van der Waals surface area contributed by atoms with Gasteiger partial charge in [0, 0.05) is 26.3 Å². The summed E-state index contributed by atoms with van der Waals surface area (Å²) in [7, 11) is 3.11. The number of carbonyl (C=O) groups is 5. The summed E-state index contributed by atoms with van der Waals surface area (Å²) in [5, 5.41) is 5.76. The van der Waals surface area contributed by atoms with Crippen molar-refractivity contribution in [2.75, 3.05) is 14.1 Å². The van der Waals surface area contributed by atoms with Gasteiger partial charge < -0.3 is 29.9 Å². The third-order valence-electron chi connectivity index (χ3n) is 5.20. The zero-order chi connectivity index (χ0) is 24.3. The van der Waals surface area contributed by atoms with E-state index in [0.29, 0.717) is 19.0 Å². The van der Waals surface area contributed by atoms with Gasteiger partial charge in [-0.3, -0.25) is 14.4 Å². The van der Waals surface area contributed by atoms with E-state index in [9.17, 15) is 24.0 Å². The van der Waals surface area contributed by atoms with Crippen LogP contribution in [0.15, 0.2) is 0 Å². The van der Waals surface area contributed by atoms with Crippen LogP contribution >= 0.6 is 0 Å². The molecule has 0 saturated heterocycles. The zero-order valence-electron chi connectivity index (χ0n) is 20.0. The average molecular weight is 442 g/mol. The quantitative estimate of drug-likeness (QED) is 0.304. The number of amides is 2. The molecule has 0 saturated carbocycles. The molecule has 31 heavy (non-hydrogen) atoms. The maximum atomic E-state index is 13.2. The molecule has 0 aromatic heterocycles. The molecule has 2 N–H and O–H groups in total. The first-order valence-electron chi connectivity index (χ1n) is 10.7. The van der Waals surface area contributed by atoms with Crippen LogP contribution in [0.4, 0.5) is 0 Å². The second kappa shape index (κ2) is 13.9. The Kier molecular flexibility index (Phi) is 12.9. The van der Waals surface area contributed by atoms with Gasteiger partial charge in [0.1, 0.15) is 30.8 Å². The molecule has 178 valence electrons. The topological polar surface area (TPSA) is 122 Å². The van der Waals surface area contributed by atoms with Crippen molar-refractivity contribution in [3.8, 4) is 0 Å². The SMILES string of the molecule is CN[C@@H](CC(C)C)C(=O)N[C@H](C(=O)N(C)C(C=O)[C@H](OC(C)=O)[C@H](C)CC=O)C(C)C. The Morgan fingerprint density at radius 3 is 2.03 bits per heavy atom. The summed E-state index contributed by atoms with van der Waals surface area (Å²) < 4.78 is 5.29. The van der Waals surface area contributed by atoms with E-state index in [-0.39, 0.29) is 24.2 Å². The van der Waals surface area contributed by atoms with Gasteiger partial charge in [-0.05, 0) is 25.3 Å². The Morgan fingerprint density at radius 1 is 1.06 bits per heavy atom. The van der Waals surface area contributed by atoms with Crippen LogP contribution in [0.5, 0.6) is 0 Å². The minimum absolute atomic E-state index is 0.0632. The summed E-state index contributed by atoms with van der Waals surface area (Å²) in [5.74, 6) is -1.83. The van der Waals surface area contributed by atoms with Gasteiger partial charge in [-0.2, -0.15) is 0 Å². The van der Waals surface area contributed by atoms with Gasteiger partial charge in [0.2, 0.25) is 11.8 Å². The van der Waals surface area contributed by atoms with Crippen molar-refractivity contribution in [3.63, 3.8) is 0 Å². The van der Waals surface area contributed by atoms with Crippen LogP contribution < -0.4 is 10.6 Å². The summed E-state index contributed by atoms with van der Waals surface area (Å²) in [4.78, 5) is 61.6. The molecule has 0 fully saturated rings. The second-order valence-electron chi connectivity index (χ2n) is 8.73. The predicted molar refractivity (Wildman–Crippen MR) is 117 cm³/mol. The van der Waals surface area contributed by atoms with Gasteiger partial charge in [0.15, 0.2) is 0 Å². The molecular weight excluding hydrogens is 402 g/mol. The normalized spacial score (nSPS) is 16.1. The lowest BCUT2D eigenvalue weighted by atomic mass is 9.93. The van der Waals surface area contributed by atoms with Crippen molar-refractivity contribution in [1.82, 2.24) is 15.5 Å². The second-order valence-corrected chi connectivity index (χ2v) is 8.73. The molecular formula is C22H39N3O6. The standard InChI is InChI=1S/C22H39N3O6/c1-13(2)11-17(23-7)21(29)24-19(14(3)4)22(30)25(8)18(12-27)20(31-16(6)28)15(5)9-10-26/h10,12-15,17-20,23H,9,11H2,1-8H3,(H,24,29)/t15-,17+,18?,19+,20-/m1/s1. The molecule has 0 aliphatic heterocycles. The highest BCUT2D eigenvalue weighted by molar-refractivity contribution is 5.91. The maximum Gasteiger partial charge on any atom is 0.302 e. The van der Waals surface area contributed by atoms with Gasteiger partial charge in [-0.25, -0.2) is 0 Å². The molecule has 0 heterocycles. The molecule has 0 aliphatic rings. The Labute approximate surface area is 185 Å². The van der Waals surface area contributed by atoms with Crippen molar-refractivity contribution in [1.29, 1.82) is 0 Å². The molecule has 9 nitrogen and oxygen atoms in total. The molecule has 5 atom stereocenters. The number of carbonyl (C=O) groups excluding carboxylic acids is 5. The van der Waals surface area contributed by atoms with Gasteiger partial charge in [0.25, 0.3) is 0 Å². The van der Waals surface area contributed by atoms with E-state index in [1.165, 1.54) is 18.9 Å². The summed E-state index contributed by atoms with van der Waals surface area (Å²) in [6, 6.07) is -2.43. The number of hydrogen-bond acceptors (Lipinski definition) is 7. The van der Waals surface area contributed by atoms with E-state index in [1.807, 2.05) is 13.8 Å². The molecule has 2 amide bonds. The highest BCUT2D eigenvalue weighted by Crippen LogP contribution is 2.19. The van der Waals surface area contributed by atoms with Crippen LogP contribution in [0.2, 0.25) is 0 Å². The van der Waals surface area contributed by atoms with Crippen LogP contribution in [0.3, 0.4) is 0 Å². The molecule has 0 aromatic carbocycles. The van der Waals surface area contributed by atoms with Gasteiger partial charge in [-0.1, -0.05) is 34.6 Å². The monoisotopic (exact) mass is 441 g/mol. The van der Waals surface area contributed by atoms with Gasteiger partial charge >= 0.3 is 5.97 Å². The van der Waals surface area contributed by atoms with E-state index >= 15 is 0 Å². The van der Waals surface area contributed by atoms with E-state index in [0.717, 1.165) is 0 Å². The molecule has 0 bridgehead atoms. The highest BCUT2D eigenvalue weighted by Gasteiger charge is 2.38. The lowest BCUT2D eigenvalue weighted by molar-refractivity contribution is -0.158. The van der Waals surface area contributed by atoms with E-state index in [2.05, 4.69) is 10.6 Å². The number of ether oxygens (including phenoxy) is 1. The number of hydrogen-bond donors (Lipinski definition) is 2. The molecule has 0 aromatic rings. The number of nitrogens with one attached hydrogen (secondary N) is 2. The van der Waals surface area contributed by atoms with E-state index in [1.54, 1.807) is 27.8 Å². The van der Waals surface area contributed by atoms with Crippen LogP contribution in [-0.4, -0.2) is 73.6 Å². The molecule has 1 unspecified atom stereocenters. The molecule has 0 spiro atoms. The van der Waals surface area contributed by atoms with Crippen LogP contribution in [0, 0.1) is 17.8 Å². The van der Waals surface area contributed by atoms with Gasteiger partial charge in [-0.15, -0.1) is 0 Å². The fourth-order valence-corrected chi connectivity index (χ4v) is 3.35. The number of esters is 1. The summed E-state index contributed by atoms with van der Waals surface area (Å²) in [6.45, 7) is 10.5. The number of rotatable bonds is 14. The van der Waals surface area contributed by atoms with Crippen molar-refractivity contribution < 1.29 is 28.7 Å². The minimum Gasteiger partial charge on any atom is -0.460 e.